The van der Waals surface area contributed by atoms with Crippen molar-refractivity contribution in [3.8, 4) is 17.0 Å². The van der Waals surface area contributed by atoms with Crippen molar-refractivity contribution >= 4 is 27.8 Å². The summed E-state index contributed by atoms with van der Waals surface area (Å²) in [6.07, 6.45) is 0. The summed E-state index contributed by atoms with van der Waals surface area (Å²) in [5.41, 5.74) is 6.88. The molecule has 0 spiro atoms. The molecule has 164 valence electrons. The number of methoxy groups -OCH3 is 1. The van der Waals surface area contributed by atoms with Crippen LogP contribution in [-0.2, 0) is 0 Å². The maximum absolute atomic E-state index is 5.57. The first-order valence-electron chi connectivity index (χ1n) is 10.9. The van der Waals surface area contributed by atoms with Crippen molar-refractivity contribution in [1.29, 1.82) is 0 Å². The molecule has 1 N–H and O–H groups in total. The largest absolute Gasteiger partial charge is 0.496 e. The smallest absolute Gasteiger partial charge is 0.187 e. The molecule has 2 aromatic carbocycles. The number of benzene rings is 2. The van der Waals surface area contributed by atoms with Gasteiger partial charge in [-0.1, -0.05) is 26.0 Å². The van der Waals surface area contributed by atoms with E-state index in [-0.39, 0.29) is 0 Å². The molecule has 4 rings (SSSR count). The number of piperazine rings is 1. The van der Waals surface area contributed by atoms with E-state index in [4.69, 9.17) is 9.72 Å². The molecule has 1 saturated heterocycles. The topological polar surface area (TPSA) is 40.6 Å². The van der Waals surface area contributed by atoms with Crippen LogP contribution in [0.4, 0.5) is 16.5 Å². The fourth-order valence-electron chi connectivity index (χ4n) is 3.95. The lowest BCUT2D eigenvalue weighted by molar-refractivity contribution is 0.313. The summed E-state index contributed by atoms with van der Waals surface area (Å²) in [5, 5.41) is 6.54. The van der Waals surface area contributed by atoms with Crippen LogP contribution in [0.25, 0.3) is 11.3 Å². The Kier molecular flexibility index (Phi) is 6.49. The van der Waals surface area contributed by atoms with E-state index in [0.717, 1.165) is 59.6 Å². The van der Waals surface area contributed by atoms with E-state index in [2.05, 4.69) is 84.7 Å². The predicted octanol–water partition coefficient (Wildman–Crippen LogP) is 5.75. The van der Waals surface area contributed by atoms with Gasteiger partial charge in [0.2, 0.25) is 0 Å². The van der Waals surface area contributed by atoms with E-state index >= 15 is 0 Å². The molecule has 0 atom stereocenters. The van der Waals surface area contributed by atoms with Gasteiger partial charge in [0.1, 0.15) is 5.75 Å². The van der Waals surface area contributed by atoms with Crippen LogP contribution in [-0.4, -0.2) is 50.2 Å². The third kappa shape index (κ3) is 4.86. The first kappa shape index (κ1) is 21.7. The van der Waals surface area contributed by atoms with Crippen molar-refractivity contribution in [2.75, 3.05) is 50.6 Å². The van der Waals surface area contributed by atoms with Gasteiger partial charge in [0.25, 0.3) is 0 Å². The van der Waals surface area contributed by atoms with Gasteiger partial charge in [0.15, 0.2) is 5.13 Å². The Balaban J connectivity index is 1.49. The molecule has 5 nitrogen and oxygen atoms in total. The molecule has 0 radical (unpaired) electrons. The second kappa shape index (κ2) is 9.28. The number of aryl methyl sites for hydroxylation is 1. The Morgan fingerprint density at radius 1 is 1.06 bits per heavy atom. The zero-order chi connectivity index (χ0) is 22.0. The minimum atomic E-state index is 0.391. The molecule has 1 aromatic heterocycles. The highest BCUT2D eigenvalue weighted by molar-refractivity contribution is 7.14. The quantitative estimate of drug-likeness (QED) is 0.533. The predicted molar refractivity (Wildman–Crippen MR) is 132 cm³/mol. The summed E-state index contributed by atoms with van der Waals surface area (Å²) in [7, 11) is 3.92. The summed E-state index contributed by atoms with van der Waals surface area (Å²) >= 11 is 1.64. The van der Waals surface area contributed by atoms with Gasteiger partial charge in [-0.3, -0.25) is 0 Å². The summed E-state index contributed by atoms with van der Waals surface area (Å²) in [4.78, 5) is 9.68. The van der Waals surface area contributed by atoms with Crippen LogP contribution in [0.5, 0.6) is 5.75 Å². The number of hydrogen-bond acceptors (Lipinski definition) is 6. The van der Waals surface area contributed by atoms with E-state index in [1.54, 1.807) is 18.4 Å². The highest BCUT2D eigenvalue weighted by Gasteiger charge is 2.15. The Bertz CT molecular complexity index is 1020. The molecule has 0 unspecified atom stereocenters. The van der Waals surface area contributed by atoms with Gasteiger partial charge in [-0.25, -0.2) is 4.98 Å². The average Bonchev–Trinajstić information content (AvgIpc) is 3.24. The van der Waals surface area contributed by atoms with Gasteiger partial charge < -0.3 is 19.9 Å². The maximum Gasteiger partial charge on any atom is 0.187 e. The standard InChI is InChI=1S/C25H32N4OS/c1-17(2)21-15-22(18(3)14-24(21)30-5)26-25-27-23(16-31-25)19-6-8-20(9-7-19)29-12-10-28(4)11-13-29/h6-9,14-17H,10-13H2,1-5H3,(H,26,27). The van der Waals surface area contributed by atoms with Crippen molar-refractivity contribution in [3.63, 3.8) is 0 Å². The molecule has 1 aliphatic rings. The second-order valence-corrected chi connectivity index (χ2v) is 9.42. The lowest BCUT2D eigenvalue weighted by atomic mass is 9.99. The lowest BCUT2D eigenvalue weighted by Gasteiger charge is -2.34. The first-order valence-corrected chi connectivity index (χ1v) is 11.8. The van der Waals surface area contributed by atoms with Crippen LogP contribution in [0, 0.1) is 6.92 Å². The Hall–Kier alpha value is -2.57. The number of thiazole rings is 1. The van der Waals surface area contributed by atoms with E-state index in [9.17, 15) is 0 Å². The highest BCUT2D eigenvalue weighted by atomic mass is 32.1. The van der Waals surface area contributed by atoms with Gasteiger partial charge in [-0.05, 0) is 55.3 Å². The van der Waals surface area contributed by atoms with E-state index in [0.29, 0.717) is 5.92 Å². The molecule has 1 fully saturated rings. The SMILES string of the molecule is COc1cc(C)c(Nc2nc(-c3ccc(N4CCN(C)CC4)cc3)cs2)cc1C(C)C. The highest BCUT2D eigenvalue weighted by Crippen LogP contribution is 2.35. The number of rotatable bonds is 6. The van der Waals surface area contributed by atoms with Gasteiger partial charge in [0.05, 0.1) is 12.8 Å². The Labute approximate surface area is 189 Å². The zero-order valence-corrected chi connectivity index (χ0v) is 19.9. The minimum Gasteiger partial charge on any atom is -0.496 e. The minimum absolute atomic E-state index is 0.391. The monoisotopic (exact) mass is 436 g/mol. The number of nitrogens with one attached hydrogen (secondary N) is 1. The van der Waals surface area contributed by atoms with Gasteiger partial charge in [-0.15, -0.1) is 11.3 Å². The summed E-state index contributed by atoms with van der Waals surface area (Å²) in [5.74, 6) is 1.33. The van der Waals surface area contributed by atoms with Gasteiger partial charge >= 0.3 is 0 Å². The maximum atomic E-state index is 5.57. The lowest BCUT2D eigenvalue weighted by Crippen LogP contribution is -2.44. The fourth-order valence-corrected chi connectivity index (χ4v) is 4.68. The Morgan fingerprint density at radius 2 is 1.77 bits per heavy atom. The molecule has 1 aliphatic heterocycles. The number of aromatic nitrogens is 1. The average molecular weight is 437 g/mol. The van der Waals surface area contributed by atoms with Crippen molar-refractivity contribution < 1.29 is 4.74 Å². The first-order chi connectivity index (χ1) is 14.9. The van der Waals surface area contributed by atoms with E-state index in [1.807, 2.05) is 0 Å². The molecule has 31 heavy (non-hydrogen) atoms. The molecular weight excluding hydrogens is 404 g/mol. The van der Waals surface area contributed by atoms with Gasteiger partial charge in [-0.2, -0.15) is 0 Å². The summed E-state index contributed by atoms with van der Waals surface area (Å²) in [6.45, 7) is 10.9. The zero-order valence-electron chi connectivity index (χ0n) is 19.1. The van der Waals surface area contributed by atoms with Crippen LogP contribution >= 0.6 is 11.3 Å². The third-order valence-electron chi connectivity index (χ3n) is 5.98. The van der Waals surface area contributed by atoms with Crippen molar-refractivity contribution in [2.45, 2.75) is 26.7 Å². The summed E-state index contributed by atoms with van der Waals surface area (Å²) in [6, 6.07) is 13.1. The van der Waals surface area contributed by atoms with Crippen LogP contribution in [0.3, 0.4) is 0 Å². The van der Waals surface area contributed by atoms with E-state index in [1.165, 1.54) is 11.3 Å². The Morgan fingerprint density at radius 3 is 2.42 bits per heavy atom. The molecule has 2 heterocycles. The van der Waals surface area contributed by atoms with Crippen molar-refractivity contribution in [2.24, 2.45) is 0 Å². The fraction of sp³-hybridized carbons (Fsp3) is 0.400. The number of ether oxygens (including phenoxy) is 1. The number of anilines is 3. The van der Waals surface area contributed by atoms with Crippen LogP contribution in [0.2, 0.25) is 0 Å². The van der Waals surface area contributed by atoms with Crippen LogP contribution < -0.4 is 15.0 Å². The normalized spacial score (nSPS) is 14.8. The van der Waals surface area contributed by atoms with Crippen LogP contribution in [0.15, 0.2) is 41.8 Å². The summed E-state index contributed by atoms with van der Waals surface area (Å²) < 4.78 is 5.57. The molecule has 0 saturated carbocycles. The molecule has 0 bridgehead atoms. The second-order valence-electron chi connectivity index (χ2n) is 8.56. The number of hydrogen-bond donors (Lipinski definition) is 1. The molecule has 6 heteroatoms. The molecule has 3 aromatic rings. The third-order valence-corrected chi connectivity index (χ3v) is 6.73. The van der Waals surface area contributed by atoms with Gasteiger partial charge in [0, 0.05) is 48.5 Å². The van der Waals surface area contributed by atoms with Crippen molar-refractivity contribution in [3.05, 3.63) is 52.9 Å². The van der Waals surface area contributed by atoms with Crippen molar-refractivity contribution in [1.82, 2.24) is 9.88 Å². The van der Waals surface area contributed by atoms with E-state index < -0.39 is 0 Å². The molecular formula is C25H32N4OS. The van der Waals surface area contributed by atoms with Crippen LogP contribution in [0.1, 0.15) is 30.9 Å². The molecule has 0 amide bonds. The molecule has 0 aliphatic carbocycles. The number of likely N-dealkylation sites (N-methyl/N-ethyl adjacent to an activating group) is 1. The number of nitrogens with zero attached hydrogens (tertiary/aromatic N) is 3.